The molecule has 0 aliphatic carbocycles. The van der Waals surface area contributed by atoms with Gasteiger partial charge in [-0.25, -0.2) is 8.42 Å². The van der Waals surface area contributed by atoms with Crippen LogP contribution in [0.15, 0.2) is 48.5 Å². The number of hydrogen-bond acceptors (Lipinski definition) is 5. The van der Waals surface area contributed by atoms with Gasteiger partial charge in [0.1, 0.15) is 11.5 Å². The first-order valence-corrected chi connectivity index (χ1v) is 12.3. The number of carbonyl (C=O) groups is 1. The van der Waals surface area contributed by atoms with Gasteiger partial charge in [-0.1, -0.05) is 45.0 Å². The van der Waals surface area contributed by atoms with Crippen LogP contribution < -0.4 is 9.47 Å². The summed E-state index contributed by atoms with van der Waals surface area (Å²) in [5, 5.41) is 0. The first-order chi connectivity index (χ1) is 14.6. The van der Waals surface area contributed by atoms with Gasteiger partial charge in [-0.15, -0.1) is 0 Å². The molecular formula is C24H31NO5S. The number of rotatable bonds is 7. The van der Waals surface area contributed by atoms with Crippen molar-refractivity contribution in [3.63, 3.8) is 0 Å². The van der Waals surface area contributed by atoms with E-state index in [-0.39, 0.29) is 35.5 Å². The Balaban J connectivity index is 1.71. The molecule has 1 fully saturated rings. The van der Waals surface area contributed by atoms with Crippen molar-refractivity contribution in [3.8, 4) is 11.5 Å². The molecule has 0 aromatic heterocycles. The van der Waals surface area contributed by atoms with Gasteiger partial charge in [-0.2, -0.15) is 0 Å². The second-order valence-corrected chi connectivity index (χ2v) is 11.2. The van der Waals surface area contributed by atoms with Crippen molar-refractivity contribution in [2.45, 2.75) is 45.2 Å². The second kappa shape index (κ2) is 9.30. The Hall–Kier alpha value is -2.54. The molecule has 31 heavy (non-hydrogen) atoms. The van der Waals surface area contributed by atoms with Crippen LogP contribution in [0.1, 0.15) is 38.3 Å². The third-order valence-electron chi connectivity index (χ3n) is 5.56. The minimum atomic E-state index is -3.12. The highest BCUT2D eigenvalue weighted by atomic mass is 32.2. The topological polar surface area (TPSA) is 72.9 Å². The van der Waals surface area contributed by atoms with Crippen molar-refractivity contribution in [1.29, 1.82) is 0 Å². The zero-order chi connectivity index (χ0) is 22.6. The molecule has 0 bridgehead atoms. The number of benzene rings is 2. The molecule has 1 atom stereocenters. The van der Waals surface area contributed by atoms with E-state index in [1.165, 1.54) is 5.56 Å². The van der Waals surface area contributed by atoms with E-state index in [1.54, 1.807) is 12.0 Å². The van der Waals surface area contributed by atoms with Crippen molar-refractivity contribution in [2.75, 3.05) is 25.2 Å². The molecular weight excluding hydrogens is 414 g/mol. The molecule has 1 aliphatic heterocycles. The van der Waals surface area contributed by atoms with E-state index in [0.29, 0.717) is 18.7 Å². The molecule has 1 aliphatic rings. The smallest absolute Gasteiger partial charge is 0.261 e. The Morgan fingerprint density at radius 3 is 2.16 bits per heavy atom. The molecule has 6 nitrogen and oxygen atoms in total. The van der Waals surface area contributed by atoms with Gasteiger partial charge in [0.25, 0.3) is 5.91 Å². The predicted octanol–water partition coefficient (Wildman–Crippen LogP) is 3.59. The van der Waals surface area contributed by atoms with Crippen molar-refractivity contribution < 1.29 is 22.7 Å². The molecule has 1 heterocycles. The standard InChI is InChI=1S/C24H31NO5S/c1-24(2,3)19-7-11-22(12-8-19)30-16-23(26)25(20-13-14-31(27,28)17-20)15-18-5-9-21(29-4)10-6-18/h5-12,20H,13-17H2,1-4H3. The van der Waals surface area contributed by atoms with E-state index in [9.17, 15) is 13.2 Å². The molecule has 1 unspecified atom stereocenters. The summed E-state index contributed by atoms with van der Waals surface area (Å²) in [5.74, 6) is 1.23. The lowest BCUT2D eigenvalue weighted by Gasteiger charge is -2.28. The Morgan fingerprint density at radius 1 is 1.03 bits per heavy atom. The Kier molecular flexibility index (Phi) is 6.94. The molecule has 1 saturated heterocycles. The zero-order valence-corrected chi connectivity index (χ0v) is 19.4. The third kappa shape index (κ3) is 6.23. The van der Waals surface area contributed by atoms with E-state index in [4.69, 9.17) is 9.47 Å². The van der Waals surface area contributed by atoms with Gasteiger partial charge in [0.2, 0.25) is 0 Å². The quantitative estimate of drug-likeness (QED) is 0.651. The second-order valence-electron chi connectivity index (χ2n) is 8.99. The molecule has 0 saturated carbocycles. The van der Waals surface area contributed by atoms with E-state index in [0.717, 1.165) is 11.3 Å². The van der Waals surface area contributed by atoms with Gasteiger partial charge in [-0.3, -0.25) is 4.79 Å². The highest BCUT2D eigenvalue weighted by Gasteiger charge is 2.34. The molecule has 0 spiro atoms. The fraction of sp³-hybridized carbons (Fsp3) is 0.458. The lowest BCUT2D eigenvalue weighted by Crippen LogP contribution is -2.43. The van der Waals surface area contributed by atoms with E-state index < -0.39 is 9.84 Å². The van der Waals surface area contributed by atoms with Crippen LogP contribution in [0.2, 0.25) is 0 Å². The number of nitrogens with zero attached hydrogens (tertiary/aromatic N) is 1. The first kappa shape index (κ1) is 23.1. The Bertz CT molecular complexity index is 992. The van der Waals surface area contributed by atoms with Crippen LogP contribution in [-0.4, -0.2) is 50.5 Å². The Labute approximate surface area is 185 Å². The lowest BCUT2D eigenvalue weighted by atomic mass is 9.87. The van der Waals surface area contributed by atoms with Gasteiger partial charge < -0.3 is 14.4 Å². The average Bonchev–Trinajstić information content (AvgIpc) is 3.09. The first-order valence-electron chi connectivity index (χ1n) is 10.4. The molecule has 2 aromatic rings. The lowest BCUT2D eigenvalue weighted by molar-refractivity contribution is -0.136. The number of methoxy groups -OCH3 is 1. The molecule has 168 valence electrons. The van der Waals surface area contributed by atoms with Crippen molar-refractivity contribution in [3.05, 3.63) is 59.7 Å². The largest absolute Gasteiger partial charge is 0.497 e. The SMILES string of the molecule is COc1ccc(CN(C(=O)COc2ccc(C(C)(C)C)cc2)C2CCS(=O)(=O)C2)cc1. The van der Waals surface area contributed by atoms with Gasteiger partial charge in [0.15, 0.2) is 16.4 Å². The van der Waals surface area contributed by atoms with Crippen molar-refractivity contribution >= 4 is 15.7 Å². The summed E-state index contributed by atoms with van der Waals surface area (Å²) in [6.07, 6.45) is 0.449. The molecule has 0 radical (unpaired) electrons. The van der Waals surface area contributed by atoms with Crippen molar-refractivity contribution in [2.24, 2.45) is 0 Å². The maximum absolute atomic E-state index is 13.0. The maximum atomic E-state index is 13.0. The fourth-order valence-corrected chi connectivity index (χ4v) is 5.38. The van der Waals surface area contributed by atoms with Crippen LogP contribution in [0, 0.1) is 0 Å². The third-order valence-corrected chi connectivity index (χ3v) is 7.31. The molecule has 3 rings (SSSR count). The van der Waals surface area contributed by atoms with Crippen LogP contribution in [0.25, 0.3) is 0 Å². The van der Waals surface area contributed by atoms with Gasteiger partial charge in [-0.05, 0) is 47.2 Å². The Morgan fingerprint density at radius 2 is 1.65 bits per heavy atom. The van der Waals surface area contributed by atoms with E-state index >= 15 is 0 Å². The van der Waals surface area contributed by atoms with E-state index in [1.807, 2.05) is 48.5 Å². The summed E-state index contributed by atoms with van der Waals surface area (Å²) in [6, 6.07) is 14.8. The van der Waals surface area contributed by atoms with Crippen LogP contribution in [-0.2, 0) is 26.6 Å². The number of sulfone groups is 1. The fourth-order valence-electron chi connectivity index (χ4n) is 3.65. The summed E-state index contributed by atoms with van der Waals surface area (Å²) < 4.78 is 34.9. The molecule has 7 heteroatoms. The zero-order valence-electron chi connectivity index (χ0n) is 18.6. The summed E-state index contributed by atoms with van der Waals surface area (Å²) in [5.41, 5.74) is 2.13. The highest BCUT2D eigenvalue weighted by molar-refractivity contribution is 7.91. The minimum absolute atomic E-state index is 0.00479. The maximum Gasteiger partial charge on any atom is 0.261 e. The summed E-state index contributed by atoms with van der Waals surface area (Å²) in [6.45, 7) is 6.61. The van der Waals surface area contributed by atoms with Gasteiger partial charge in [0, 0.05) is 12.6 Å². The van der Waals surface area contributed by atoms with Crippen LogP contribution in [0.5, 0.6) is 11.5 Å². The molecule has 2 aromatic carbocycles. The monoisotopic (exact) mass is 445 g/mol. The summed E-state index contributed by atoms with van der Waals surface area (Å²) >= 11 is 0. The molecule has 1 amide bonds. The van der Waals surface area contributed by atoms with Crippen LogP contribution in [0.3, 0.4) is 0 Å². The average molecular weight is 446 g/mol. The minimum Gasteiger partial charge on any atom is -0.497 e. The van der Waals surface area contributed by atoms with Crippen molar-refractivity contribution in [1.82, 2.24) is 4.90 Å². The van der Waals surface area contributed by atoms with Gasteiger partial charge in [0.05, 0.1) is 18.6 Å². The van der Waals surface area contributed by atoms with E-state index in [2.05, 4.69) is 20.8 Å². The molecule has 0 N–H and O–H groups in total. The number of carbonyl (C=O) groups excluding carboxylic acids is 1. The van der Waals surface area contributed by atoms with Crippen LogP contribution in [0.4, 0.5) is 0 Å². The number of amides is 1. The highest BCUT2D eigenvalue weighted by Crippen LogP contribution is 2.25. The normalized spacial score (nSPS) is 17.9. The number of ether oxygens (including phenoxy) is 2. The number of hydrogen-bond donors (Lipinski definition) is 0. The summed E-state index contributed by atoms with van der Waals surface area (Å²) in [7, 11) is -1.52. The van der Waals surface area contributed by atoms with Gasteiger partial charge >= 0.3 is 0 Å². The summed E-state index contributed by atoms with van der Waals surface area (Å²) in [4.78, 5) is 14.7. The predicted molar refractivity (Wildman–Crippen MR) is 121 cm³/mol. The van der Waals surface area contributed by atoms with Crippen LogP contribution >= 0.6 is 0 Å².